The van der Waals surface area contributed by atoms with Gasteiger partial charge < -0.3 is 5.32 Å². The first-order valence-corrected chi connectivity index (χ1v) is 11.5. The fraction of sp³-hybridized carbons (Fsp3) is 0.0435. The third-order valence-corrected chi connectivity index (χ3v) is 5.94. The third kappa shape index (κ3) is 5.50. The van der Waals surface area contributed by atoms with Crippen molar-refractivity contribution in [2.45, 2.75) is 5.16 Å². The van der Waals surface area contributed by atoms with Crippen molar-refractivity contribution in [3.63, 3.8) is 0 Å². The van der Waals surface area contributed by atoms with Gasteiger partial charge in [-0.25, -0.2) is 4.98 Å². The largest absolute Gasteiger partial charge is 0.324 e. The molecule has 4 rings (SSSR count). The number of carbonyl (C=O) groups excluding carboxylic acids is 1. The van der Waals surface area contributed by atoms with Gasteiger partial charge in [-0.3, -0.25) is 4.79 Å². The number of thioether (sulfide) groups is 1. The number of nitrogens with one attached hydrogen (secondary N) is 1. The molecule has 0 aliphatic heterocycles. The number of carbonyl (C=O) groups is 1. The van der Waals surface area contributed by atoms with Crippen LogP contribution in [0.15, 0.2) is 88.5 Å². The van der Waals surface area contributed by atoms with Crippen molar-refractivity contribution in [2.75, 3.05) is 11.1 Å². The summed E-state index contributed by atoms with van der Waals surface area (Å²) in [4.78, 5) is 17.1. The second-order valence-electron chi connectivity index (χ2n) is 6.48. The lowest BCUT2D eigenvalue weighted by atomic mass is 10.0. The molecule has 0 radical (unpaired) electrons. The lowest BCUT2D eigenvalue weighted by Gasteiger charge is -2.10. The molecule has 0 saturated heterocycles. The summed E-state index contributed by atoms with van der Waals surface area (Å²) in [6, 6.07) is 24.9. The lowest BCUT2D eigenvalue weighted by molar-refractivity contribution is -0.113. The second kappa shape index (κ2) is 10.0. The fourth-order valence-electron chi connectivity index (χ4n) is 2.87. The predicted molar refractivity (Wildman–Crippen MR) is 129 cm³/mol. The van der Waals surface area contributed by atoms with Crippen molar-refractivity contribution >= 4 is 50.9 Å². The number of halogens is 2. The standard InChI is InChI=1S/C23H16BrClN4OS/c24-17-11-12-19(18(25)13-17)26-20(30)14-31-23-27-21(15-7-3-1-4-8-15)22(28-29-23)16-9-5-2-6-10-16/h1-13H,14H2,(H,26,30). The Morgan fingerprint density at radius 3 is 2.19 bits per heavy atom. The molecule has 31 heavy (non-hydrogen) atoms. The number of anilines is 1. The first-order valence-electron chi connectivity index (χ1n) is 9.33. The van der Waals surface area contributed by atoms with Gasteiger partial charge in [0.25, 0.3) is 0 Å². The van der Waals surface area contributed by atoms with Gasteiger partial charge in [0, 0.05) is 15.6 Å². The number of hydrogen-bond acceptors (Lipinski definition) is 5. The van der Waals surface area contributed by atoms with Gasteiger partial charge in [-0.05, 0) is 18.2 Å². The molecular formula is C23H16BrClN4OS. The van der Waals surface area contributed by atoms with E-state index in [2.05, 4.69) is 31.4 Å². The summed E-state index contributed by atoms with van der Waals surface area (Å²) < 4.78 is 0.844. The molecule has 0 bridgehead atoms. The normalized spacial score (nSPS) is 10.6. The summed E-state index contributed by atoms with van der Waals surface area (Å²) in [5.41, 5.74) is 3.84. The Morgan fingerprint density at radius 1 is 0.903 bits per heavy atom. The molecule has 0 aliphatic rings. The summed E-state index contributed by atoms with van der Waals surface area (Å²) in [5.74, 6) is -0.0706. The van der Waals surface area contributed by atoms with E-state index < -0.39 is 0 Å². The van der Waals surface area contributed by atoms with Crippen LogP contribution in [0.3, 0.4) is 0 Å². The molecule has 5 nitrogen and oxygen atoms in total. The van der Waals surface area contributed by atoms with Gasteiger partial charge in [0.15, 0.2) is 0 Å². The van der Waals surface area contributed by atoms with Gasteiger partial charge in [-0.15, -0.1) is 10.2 Å². The Bertz CT molecular complexity index is 1210. The van der Waals surface area contributed by atoms with E-state index in [9.17, 15) is 4.79 Å². The number of rotatable bonds is 6. The van der Waals surface area contributed by atoms with E-state index in [4.69, 9.17) is 16.6 Å². The van der Waals surface area contributed by atoms with E-state index in [1.807, 2.05) is 66.7 Å². The number of nitrogens with zero attached hydrogens (tertiary/aromatic N) is 3. The monoisotopic (exact) mass is 510 g/mol. The summed E-state index contributed by atoms with van der Waals surface area (Å²) in [7, 11) is 0. The molecule has 8 heteroatoms. The van der Waals surface area contributed by atoms with Crippen LogP contribution >= 0.6 is 39.3 Å². The molecule has 0 unspecified atom stereocenters. The quantitative estimate of drug-likeness (QED) is 0.305. The van der Waals surface area contributed by atoms with Gasteiger partial charge >= 0.3 is 0 Å². The van der Waals surface area contributed by atoms with Crippen molar-refractivity contribution in [3.05, 3.63) is 88.4 Å². The molecule has 4 aromatic rings. The van der Waals surface area contributed by atoms with Gasteiger partial charge in [0.1, 0.15) is 11.4 Å². The van der Waals surface area contributed by atoms with Gasteiger partial charge in [0.2, 0.25) is 11.1 Å². The Kier molecular flexibility index (Phi) is 6.96. The molecule has 0 aliphatic carbocycles. The fourth-order valence-corrected chi connectivity index (χ4v) is 4.17. The van der Waals surface area contributed by atoms with Gasteiger partial charge in [-0.1, -0.05) is 100.0 Å². The van der Waals surface area contributed by atoms with Crippen LogP contribution in [0, 0.1) is 0 Å². The topological polar surface area (TPSA) is 67.8 Å². The zero-order valence-electron chi connectivity index (χ0n) is 16.1. The zero-order chi connectivity index (χ0) is 21.6. The van der Waals surface area contributed by atoms with Crippen molar-refractivity contribution in [2.24, 2.45) is 0 Å². The molecule has 1 aromatic heterocycles. The van der Waals surface area contributed by atoms with E-state index in [1.165, 1.54) is 11.8 Å². The molecule has 154 valence electrons. The first kappa shape index (κ1) is 21.5. The van der Waals surface area contributed by atoms with Crippen LogP contribution < -0.4 is 5.32 Å². The number of hydrogen-bond donors (Lipinski definition) is 1. The maximum Gasteiger partial charge on any atom is 0.234 e. The SMILES string of the molecule is O=C(CSc1nnc(-c2ccccc2)c(-c2ccccc2)n1)Nc1ccc(Br)cc1Cl. The zero-order valence-corrected chi connectivity index (χ0v) is 19.3. The highest BCUT2D eigenvalue weighted by atomic mass is 79.9. The van der Waals surface area contributed by atoms with Crippen LogP contribution in [0.1, 0.15) is 0 Å². The molecule has 1 amide bonds. The van der Waals surface area contributed by atoms with Crippen LogP contribution in [0.25, 0.3) is 22.5 Å². The van der Waals surface area contributed by atoms with Crippen LogP contribution in [0.4, 0.5) is 5.69 Å². The van der Waals surface area contributed by atoms with E-state index in [1.54, 1.807) is 12.1 Å². The smallest absolute Gasteiger partial charge is 0.234 e. The average molecular weight is 512 g/mol. The van der Waals surface area contributed by atoms with Gasteiger partial charge in [0.05, 0.1) is 16.5 Å². The minimum absolute atomic E-state index is 0.132. The molecule has 0 spiro atoms. The molecule has 1 heterocycles. The van der Waals surface area contributed by atoms with E-state index in [0.29, 0.717) is 21.6 Å². The Morgan fingerprint density at radius 2 is 1.55 bits per heavy atom. The molecule has 3 aromatic carbocycles. The minimum atomic E-state index is -0.203. The van der Waals surface area contributed by atoms with Crippen LogP contribution in [0.2, 0.25) is 5.02 Å². The Balaban J connectivity index is 1.54. The number of aromatic nitrogens is 3. The molecule has 0 atom stereocenters. The molecule has 0 fully saturated rings. The van der Waals surface area contributed by atoms with Gasteiger partial charge in [-0.2, -0.15) is 0 Å². The highest BCUT2D eigenvalue weighted by Crippen LogP contribution is 2.30. The molecule has 1 N–H and O–H groups in total. The predicted octanol–water partition coefficient (Wildman–Crippen LogP) is 6.35. The number of benzene rings is 3. The summed E-state index contributed by atoms with van der Waals surface area (Å²) in [6.07, 6.45) is 0. The van der Waals surface area contributed by atoms with Crippen LogP contribution in [-0.2, 0) is 4.79 Å². The van der Waals surface area contributed by atoms with Crippen molar-refractivity contribution in [3.8, 4) is 22.5 Å². The van der Waals surface area contributed by atoms with Crippen molar-refractivity contribution < 1.29 is 4.79 Å². The lowest BCUT2D eigenvalue weighted by Crippen LogP contribution is -2.14. The second-order valence-corrected chi connectivity index (χ2v) is 8.75. The van der Waals surface area contributed by atoms with E-state index in [-0.39, 0.29) is 11.7 Å². The van der Waals surface area contributed by atoms with Crippen LogP contribution in [-0.4, -0.2) is 26.8 Å². The summed E-state index contributed by atoms with van der Waals surface area (Å²) >= 11 is 10.7. The highest BCUT2D eigenvalue weighted by Gasteiger charge is 2.15. The third-order valence-electron chi connectivity index (χ3n) is 4.30. The van der Waals surface area contributed by atoms with E-state index >= 15 is 0 Å². The van der Waals surface area contributed by atoms with Crippen molar-refractivity contribution in [1.82, 2.24) is 15.2 Å². The average Bonchev–Trinajstić information content (AvgIpc) is 2.80. The highest BCUT2D eigenvalue weighted by molar-refractivity contribution is 9.10. The van der Waals surface area contributed by atoms with E-state index in [0.717, 1.165) is 21.3 Å². The summed E-state index contributed by atoms with van der Waals surface area (Å²) in [6.45, 7) is 0. The van der Waals surface area contributed by atoms with Crippen LogP contribution in [0.5, 0.6) is 0 Å². The molecular weight excluding hydrogens is 496 g/mol. The molecule has 0 saturated carbocycles. The first-order chi connectivity index (χ1) is 15.1. The Hall–Kier alpha value is -2.74. The van der Waals surface area contributed by atoms with Crippen molar-refractivity contribution in [1.29, 1.82) is 0 Å². The maximum absolute atomic E-state index is 12.4. The minimum Gasteiger partial charge on any atom is -0.324 e. The summed E-state index contributed by atoms with van der Waals surface area (Å²) in [5, 5.41) is 12.4. The maximum atomic E-state index is 12.4. The Labute approximate surface area is 197 Å². The number of amides is 1.